The number of halogens is 4. The summed E-state index contributed by atoms with van der Waals surface area (Å²) in [4.78, 5) is 16.8. The van der Waals surface area contributed by atoms with Gasteiger partial charge in [-0.25, -0.2) is 0 Å². The first-order valence-electron chi connectivity index (χ1n) is 11.4. The summed E-state index contributed by atoms with van der Waals surface area (Å²) in [5.74, 6) is 0.510. The molecule has 2 aliphatic heterocycles. The van der Waals surface area contributed by atoms with Crippen molar-refractivity contribution in [3.8, 4) is 0 Å². The molecule has 1 aromatic heterocycles. The monoisotopic (exact) mass is 484 g/mol. The number of hydrogen-bond acceptors (Lipinski definition) is 5. The molecule has 2 fully saturated rings. The minimum Gasteiger partial charge on any atom is -0.353 e. The smallest absolute Gasteiger partial charge is 0.353 e. The van der Waals surface area contributed by atoms with Crippen LogP contribution in [0.3, 0.4) is 0 Å². The van der Waals surface area contributed by atoms with E-state index in [1.54, 1.807) is 4.90 Å². The highest BCUT2D eigenvalue weighted by Gasteiger charge is 2.34. The van der Waals surface area contributed by atoms with Crippen LogP contribution in [0.15, 0.2) is 28.8 Å². The molecular formula is C23H28ClF3N4O2. The first kappa shape index (κ1) is 23.9. The van der Waals surface area contributed by atoms with Crippen LogP contribution in [-0.4, -0.2) is 60.1 Å². The van der Waals surface area contributed by atoms with E-state index >= 15 is 0 Å². The summed E-state index contributed by atoms with van der Waals surface area (Å²) in [6.45, 7) is 5.07. The molecule has 0 radical (unpaired) electrons. The van der Waals surface area contributed by atoms with E-state index in [0.29, 0.717) is 31.8 Å². The van der Waals surface area contributed by atoms with Gasteiger partial charge in [-0.15, -0.1) is 0 Å². The van der Waals surface area contributed by atoms with E-state index in [1.165, 1.54) is 25.3 Å². The van der Waals surface area contributed by atoms with E-state index < -0.39 is 16.8 Å². The van der Waals surface area contributed by atoms with Crippen molar-refractivity contribution in [2.75, 3.05) is 44.6 Å². The summed E-state index contributed by atoms with van der Waals surface area (Å²) in [6, 6.07) is 5.06. The Morgan fingerprint density at radius 2 is 1.85 bits per heavy atom. The van der Waals surface area contributed by atoms with Gasteiger partial charge in [0, 0.05) is 43.7 Å². The van der Waals surface area contributed by atoms with E-state index in [2.05, 4.69) is 15.4 Å². The zero-order valence-corrected chi connectivity index (χ0v) is 19.1. The number of nitrogens with zero attached hydrogens (tertiary/aromatic N) is 3. The van der Waals surface area contributed by atoms with Gasteiger partial charge in [0.1, 0.15) is 0 Å². The van der Waals surface area contributed by atoms with Gasteiger partial charge >= 0.3 is 6.18 Å². The van der Waals surface area contributed by atoms with Crippen LogP contribution in [0.1, 0.15) is 59.6 Å². The molecule has 1 aromatic carbocycles. The minimum absolute atomic E-state index is 0.160. The van der Waals surface area contributed by atoms with Crippen molar-refractivity contribution in [3.63, 3.8) is 0 Å². The number of amides is 1. The fourth-order valence-electron chi connectivity index (χ4n) is 4.52. The number of rotatable bonds is 6. The summed E-state index contributed by atoms with van der Waals surface area (Å²) in [7, 11) is 0. The number of anilines is 1. The Kier molecular flexibility index (Phi) is 7.48. The van der Waals surface area contributed by atoms with Gasteiger partial charge < -0.3 is 19.6 Å². The first-order valence-corrected chi connectivity index (χ1v) is 11.8. The zero-order valence-electron chi connectivity index (χ0n) is 18.3. The second kappa shape index (κ2) is 10.3. The highest BCUT2D eigenvalue weighted by atomic mass is 35.5. The number of piperidine rings is 2. The molecule has 0 bridgehead atoms. The number of nitrogens with one attached hydrogen (secondary N) is 1. The second-order valence-corrected chi connectivity index (χ2v) is 9.11. The molecule has 10 heteroatoms. The average Bonchev–Trinajstić information content (AvgIpc) is 3.27. The maximum absolute atomic E-state index is 12.9. The highest BCUT2D eigenvalue weighted by Crippen LogP contribution is 2.35. The summed E-state index contributed by atoms with van der Waals surface area (Å²) >= 11 is 5.76. The molecule has 33 heavy (non-hydrogen) atoms. The Morgan fingerprint density at radius 1 is 1.12 bits per heavy atom. The molecular weight excluding hydrogens is 457 g/mol. The van der Waals surface area contributed by atoms with Gasteiger partial charge in [-0.05, 0) is 57.0 Å². The third kappa shape index (κ3) is 6.00. The Balaban J connectivity index is 1.26. The van der Waals surface area contributed by atoms with Crippen LogP contribution in [0.4, 0.5) is 19.1 Å². The molecule has 4 rings (SSSR count). The van der Waals surface area contributed by atoms with Crippen molar-refractivity contribution in [1.29, 1.82) is 0 Å². The van der Waals surface area contributed by atoms with Crippen molar-refractivity contribution in [1.82, 2.24) is 15.0 Å². The van der Waals surface area contributed by atoms with Crippen molar-refractivity contribution in [2.24, 2.45) is 0 Å². The van der Waals surface area contributed by atoms with Gasteiger partial charge in [-0.1, -0.05) is 23.2 Å². The lowest BCUT2D eigenvalue weighted by Crippen LogP contribution is -2.38. The van der Waals surface area contributed by atoms with Crippen LogP contribution in [0.2, 0.25) is 5.02 Å². The van der Waals surface area contributed by atoms with Gasteiger partial charge in [-0.2, -0.15) is 13.2 Å². The number of carbonyl (C=O) groups is 1. The van der Waals surface area contributed by atoms with Crippen molar-refractivity contribution in [2.45, 2.75) is 44.2 Å². The van der Waals surface area contributed by atoms with Crippen molar-refractivity contribution >= 4 is 23.4 Å². The lowest BCUT2D eigenvalue weighted by Gasteiger charge is -2.31. The highest BCUT2D eigenvalue weighted by molar-refractivity contribution is 6.31. The number of likely N-dealkylation sites (tertiary alicyclic amines) is 2. The lowest BCUT2D eigenvalue weighted by atomic mass is 9.93. The third-order valence-corrected chi connectivity index (χ3v) is 6.74. The van der Waals surface area contributed by atoms with E-state index in [4.69, 9.17) is 16.1 Å². The molecule has 2 aliphatic rings. The quantitative estimate of drug-likeness (QED) is 0.605. The van der Waals surface area contributed by atoms with Crippen molar-refractivity contribution in [3.05, 3.63) is 46.1 Å². The van der Waals surface area contributed by atoms with Crippen molar-refractivity contribution < 1.29 is 22.5 Å². The molecule has 1 N–H and O–H groups in total. The number of carbonyl (C=O) groups excluding carboxylic acids is 1. The van der Waals surface area contributed by atoms with Crippen LogP contribution >= 0.6 is 11.6 Å². The van der Waals surface area contributed by atoms with E-state index in [9.17, 15) is 18.0 Å². The lowest BCUT2D eigenvalue weighted by molar-refractivity contribution is -0.137. The predicted molar refractivity (Wildman–Crippen MR) is 120 cm³/mol. The molecule has 0 aliphatic carbocycles. The van der Waals surface area contributed by atoms with Gasteiger partial charge in [0.15, 0.2) is 0 Å². The van der Waals surface area contributed by atoms with Crippen LogP contribution in [0.25, 0.3) is 0 Å². The average molecular weight is 485 g/mol. The molecule has 2 aromatic rings. The van der Waals surface area contributed by atoms with E-state index in [0.717, 1.165) is 44.0 Å². The number of alkyl halides is 3. The molecule has 180 valence electrons. The number of hydrogen-bond donors (Lipinski definition) is 1. The maximum Gasteiger partial charge on any atom is 0.417 e. The number of aromatic nitrogens is 1. The van der Waals surface area contributed by atoms with Gasteiger partial charge in [0.25, 0.3) is 5.91 Å². The summed E-state index contributed by atoms with van der Waals surface area (Å²) in [6.07, 6.45) is 0.715. The van der Waals surface area contributed by atoms with E-state index in [1.807, 2.05) is 6.07 Å². The van der Waals surface area contributed by atoms with E-state index in [-0.39, 0.29) is 17.4 Å². The molecule has 2 saturated heterocycles. The summed E-state index contributed by atoms with van der Waals surface area (Å²) in [5.41, 5.74) is 0.0824. The summed E-state index contributed by atoms with van der Waals surface area (Å²) in [5, 5.41) is 7.02. The normalized spacial score (nSPS) is 18.5. The van der Waals surface area contributed by atoms with Gasteiger partial charge in [0.2, 0.25) is 5.88 Å². The SMILES string of the molecule is O=C(c1ccc(C(F)(F)F)c(Cl)c1)N1CCC(c2cc(NCCN3CCCCC3)on2)CC1. The summed E-state index contributed by atoms with van der Waals surface area (Å²) < 4.78 is 44.1. The molecule has 0 unspecified atom stereocenters. The van der Waals surface area contributed by atoms with Crippen LogP contribution in [0, 0.1) is 0 Å². The molecule has 1 amide bonds. The van der Waals surface area contributed by atoms with Gasteiger partial charge in [0.05, 0.1) is 16.3 Å². The Hall–Kier alpha value is -2.26. The predicted octanol–water partition coefficient (Wildman–Crippen LogP) is 5.26. The minimum atomic E-state index is -4.55. The fourth-order valence-corrected chi connectivity index (χ4v) is 4.81. The molecule has 0 atom stereocenters. The standard InChI is InChI=1S/C23H28ClF3N4O2/c24-19-14-17(4-5-18(19)23(25,26)27)22(32)31-11-6-16(7-12-31)20-15-21(33-29-20)28-8-13-30-9-2-1-3-10-30/h4-5,14-16,28H,1-3,6-13H2. The Labute approximate surface area is 196 Å². The first-order chi connectivity index (χ1) is 15.8. The molecule has 0 saturated carbocycles. The van der Waals surface area contributed by atoms with Crippen LogP contribution < -0.4 is 5.32 Å². The van der Waals surface area contributed by atoms with Crippen LogP contribution in [-0.2, 0) is 6.18 Å². The van der Waals surface area contributed by atoms with Gasteiger partial charge in [-0.3, -0.25) is 4.79 Å². The Morgan fingerprint density at radius 3 is 2.52 bits per heavy atom. The van der Waals surface area contributed by atoms with Crippen LogP contribution in [0.5, 0.6) is 0 Å². The molecule has 0 spiro atoms. The second-order valence-electron chi connectivity index (χ2n) is 8.70. The fraction of sp³-hybridized carbons (Fsp3) is 0.565. The molecule has 3 heterocycles. The third-order valence-electron chi connectivity index (χ3n) is 6.43. The Bertz CT molecular complexity index is 951. The topological polar surface area (TPSA) is 61.6 Å². The maximum atomic E-state index is 12.9. The number of benzene rings is 1. The zero-order chi connectivity index (χ0) is 23.4. The molecule has 6 nitrogen and oxygen atoms in total. The largest absolute Gasteiger partial charge is 0.417 e.